The number of carboxylic acids is 1. The van der Waals surface area contributed by atoms with Crippen LogP contribution in [0.3, 0.4) is 0 Å². The van der Waals surface area contributed by atoms with E-state index in [-0.39, 0.29) is 5.56 Å². The van der Waals surface area contributed by atoms with E-state index in [9.17, 15) is 9.90 Å². The molecule has 1 saturated heterocycles. The van der Waals surface area contributed by atoms with E-state index in [1.54, 1.807) is 41.2 Å². The quantitative estimate of drug-likeness (QED) is 0.674. The molecule has 25 heavy (non-hydrogen) atoms. The number of carbonyl (C=O) groups is 1. The third kappa shape index (κ3) is 3.66. The van der Waals surface area contributed by atoms with E-state index in [4.69, 9.17) is 33.1 Å². The molecule has 0 atom stereocenters. The fraction of sp³-hybridized carbons (Fsp3) is 0.133. The lowest BCUT2D eigenvalue weighted by Gasteiger charge is -2.41. The van der Waals surface area contributed by atoms with Crippen LogP contribution in [0, 0.1) is 0 Å². The fourth-order valence-electron chi connectivity index (χ4n) is 2.29. The summed E-state index contributed by atoms with van der Waals surface area (Å²) in [5.74, 6) is 0.292. The van der Waals surface area contributed by atoms with Gasteiger partial charge in [-0.3, -0.25) is 0 Å². The number of benzene rings is 2. The van der Waals surface area contributed by atoms with Crippen molar-refractivity contribution in [3.8, 4) is 11.5 Å². The zero-order valence-electron chi connectivity index (χ0n) is 13.2. The number of methoxy groups -OCH3 is 2. The van der Waals surface area contributed by atoms with Crippen molar-refractivity contribution in [2.24, 2.45) is 0 Å². The van der Waals surface area contributed by atoms with Gasteiger partial charge in [-0.2, -0.15) is 0 Å². The summed E-state index contributed by atoms with van der Waals surface area (Å²) in [4.78, 5) is 11.6. The topological polar surface area (TPSA) is 55.8 Å². The molecule has 1 heterocycles. The minimum Gasteiger partial charge on any atom is -0.497 e. The van der Waals surface area contributed by atoms with Crippen LogP contribution in [0.4, 0.5) is 0 Å². The van der Waals surface area contributed by atoms with Crippen LogP contribution in [0.25, 0.3) is 0 Å². The third-order valence-corrected chi connectivity index (χ3v) is 34.7. The smallest absolute Gasteiger partial charge is 0.336 e. The van der Waals surface area contributed by atoms with Gasteiger partial charge in [0, 0.05) is 10.6 Å². The molecule has 3 rings (SSSR count). The lowest BCUT2D eigenvalue weighted by atomic mass is 10.2. The predicted octanol–water partition coefficient (Wildman–Crippen LogP) is 4.45. The Morgan fingerprint density at radius 1 is 0.960 bits per heavy atom. The van der Waals surface area contributed by atoms with Crippen LogP contribution in [0.5, 0.6) is 11.5 Å². The Balaban J connectivity index is 1.92. The molecule has 0 bridgehead atoms. The van der Waals surface area contributed by atoms with Crippen LogP contribution >= 0.6 is 30.9 Å². The third-order valence-electron chi connectivity index (χ3n) is 3.55. The Bertz CT molecular complexity index is 916. The Morgan fingerprint density at radius 2 is 1.52 bits per heavy atom. The van der Waals surface area contributed by atoms with Gasteiger partial charge in [0.05, 0.1) is 28.7 Å². The molecule has 0 saturated carbocycles. The van der Waals surface area contributed by atoms with Crippen molar-refractivity contribution >= 4 is 71.1 Å². The highest BCUT2D eigenvalue weighted by atomic mass is 33.7. The number of ether oxygens (including phenoxy) is 2. The van der Waals surface area contributed by atoms with E-state index in [1.807, 2.05) is 24.3 Å². The van der Waals surface area contributed by atoms with Crippen LogP contribution < -0.4 is 20.1 Å². The van der Waals surface area contributed by atoms with E-state index >= 15 is 0 Å². The van der Waals surface area contributed by atoms with Gasteiger partial charge in [0.2, 0.25) is 0 Å². The maximum absolute atomic E-state index is 11.6. The van der Waals surface area contributed by atoms with Crippen LogP contribution in [0.15, 0.2) is 42.5 Å². The molecule has 1 aliphatic rings. The van der Waals surface area contributed by atoms with E-state index < -0.39 is 14.9 Å². The van der Waals surface area contributed by atoms with Crippen LogP contribution in [-0.4, -0.2) is 25.3 Å². The standard InChI is InChI=1S/C15H14O4P2S4/c1-18-10-3-6-12(7-4-10)20(22)24-21(23,25-20)14-8-5-11(19-2)9-13(14)15(16)17/h3-9H,1-2H3,(H,16,17). The first kappa shape index (κ1) is 19.3. The van der Waals surface area contributed by atoms with Crippen molar-refractivity contribution < 1.29 is 19.4 Å². The predicted molar refractivity (Wildman–Crippen MR) is 116 cm³/mol. The average molecular weight is 448 g/mol. The van der Waals surface area contributed by atoms with Gasteiger partial charge in [0.15, 0.2) is 0 Å². The summed E-state index contributed by atoms with van der Waals surface area (Å²) >= 11 is 14.9. The highest BCUT2D eigenvalue weighted by Gasteiger charge is 2.47. The minimum absolute atomic E-state index is 0.207. The first-order valence-corrected chi connectivity index (χ1v) is 16.7. The van der Waals surface area contributed by atoms with Crippen molar-refractivity contribution in [2.45, 2.75) is 0 Å². The Labute approximate surface area is 163 Å². The van der Waals surface area contributed by atoms with Crippen molar-refractivity contribution in [2.75, 3.05) is 14.2 Å². The van der Waals surface area contributed by atoms with E-state index in [1.165, 1.54) is 13.2 Å². The maximum Gasteiger partial charge on any atom is 0.336 e. The van der Waals surface area contributed by atoms with Crippen molar-refractivity contribution in [3.63, 3.8) is 0 Å². The first-order valence-electron chi connectivity index (χ1n) is 7.00. The summed E-state index contributed by atoms with van der Waals surface area (Å²) in [7, 11) is 3.13. The van der Waals surface area contributed by atoms with Gasteiger partial charge in [-0.1, -0.05) is 45.6 Å². The van der Waals surface area contributed by atoms with Crippen LogP contribution in [0.2, 0.25) is 0 Å². The minimum atomic E-state index is -2.13. The van der Waals surface area contributed by atoms with Gasteiger partial charge in [0.25, 0.3) is 0 Å². The lowest BCUT2D eigenvalue weighted by Crippen LogP contribution is -2.17. The number of hydrogen-bond donors (Lipinski definition) is 1. The maximum atomic E-state index is 11.6. The summed E-state index contributed by atoms with van der Waals surface area (Å²) in [5.41, 5.74) is 0.207. The Kier molecular flexibility index (Phi) is 5.60. The molecule has 4 nitrogen and oxygen atoms in total. The van der Waals surface area contributed by atoms with Crippen LogP contribution in [0.1, 0.15) is 10.4 Å². The fourth-order valence-corrected chi connectivity index (χ4v) is 44.9. The molecule has 1 N–H and O–H groups in total. The van der Waals surface area contributed by atoms with Gasteiger partial charge >= 0.3 is 5.97 Å². The van der Waals surface area contributed by atoms with Crippen molar-refractivity contribution in [3.05, 3.63) is 48.0 Å². The lowest BCUT2D eigenvalue weighted by molar-refractivity contribution is 0.0698. The largest absolute Gasteiger partial charge is 0.497 e. The van der Waals surface area contributed by atoms with E-state index in [0.717, 1.165) is 11.1 Å². The summed E-state index contributed by atoms with van der Waals surface area (Å²) in [6.07, 6.45) is 0. The van der Waals surface area contributed by atoms with Gasteiger partial charge in [-0.15, -0.1) is 0 Å². The molecule has 132 valence electrons. The normalized spacial score (nSPS) is 25.0. The van der Waals surface area contributed by atoms with Gasteiger partial charge in [-0.05, 0) is 42.5 Å². The van der Waals surface area contributed by atoms with Gasteiger partial charge < -0.3 is 14.6 Å². The Hall–Kier alpha value is -0.490. The Morgan fingerprint density at radius 3 is 2.04 bits per heavy atom. The molecule has 0 radical (unpaired) electrons. The number of aromatic carboxylic acids is 1. The van der Waals surface area contributed by atoms with E-state index in [2.05, 4.69) is 0 Å². The molecular formula is C15H14O4P2S4. The number of carboxylic acid groups (broad SMARTS) is 1. The molecule has 0 amide bonds. The summed E-state index contributed by atoms with van der Waals surface area (Å²) in [6.45, 7) is 0. The van der Waals surface area contributed by atoms with Gasteiger partial charge in [0.1, 0.15) is 11.5 Å². The molecular weight excluding hydrogens is 434 g/mol. The SMILES string of the molecule is COc1ccc(P2(=S)SP(=S)(c3ccc(OC)cc3C(=O)O)S2)cc1. The second-order valence-electron chi connectivity index (χ2n) is 5.04. The molecule has 0 spiro atoms. The van der Waals surface area contributed by atoms with Gasteiger partial charge in [-0.25, -0.2) is 4.79 Å². The number of hydrogen-bond acceptors (Lipinski definition) is 7. The molecule has 0 aromatic heterocycles. The van der Waals surface area contributed by atoms with Crippen LogP contribution in [-0.2, 0) is 23.6 Å². The highest BCUT2D eigenvalue weighted by molar-refractivity contribution is 9.48. The second-order valence-corrected chi connectivity index (χ2v) is 26.3. The first-order chi connectivity index (χ1) is 11.8. The molecule has 1 aliphatic heterocycles. The molecule has 0 unspecified atom stereocenters. The van der Waals surface area contributed by atoms with Crippen molar-refractivity contribution in [1.82, 2.24) is 0 Å². The molecule has 2 aromatic rings. The molecule has 10 heteroatoms. The monoisotopic (exact) mass is 448 g/mol. The average Bonchev–Trinajstić information content (AvgIpc) is 2.59. The number of rotatable bonds is 5. The molecule has 0 aliphatic carbocycles. The highest BCUT2D eigenvalue weighted by Crippen LogP contribution is 3.04. The van der Waals surface area contributed by atoms with E-state index in [0.29, 0.717) is 11.1 Å². The zero-order chi connectivity index (χ0) is 18.2. The molecule has 1 fully saturated rings. The zero-order valence-corrected chi connectivity index (χ0v) is 18.3. The molecule has 2 aromatic carbocycles. The summed E-state index contributed by atoms with van der Waals surface area (Å²) < 4.78 is 6.29. The van der Waals surface area contributed by atoms with Crippen molar-refractivity contribution in [1.29, 1.82) is 0 Å². The second kappa shape index (κ2) is 7.26. The summed E-state index contributed by atoms with van der Waals surface area (Å²) in [6, 6.07) is 12.8. The summed E-state index contributed by atoms with van der Waals surface area (Å²) in [5, 5.41) is 11.3.